The third kappa shape index (κ3) is 7.01. The van der Waals surface area contributed by atoms with Crippen molar-refractivity contribution in [3.05, 3.63) is 82.2 Å². The Hall–Kier alpha value is -4.22. The van der Waals surface area contributed by atoms with Crippen molar-refractivity contribution >= 4 is 34.1 Å². The fraction of sp³-hybridized carbons (Fsp3) is 0.357. The second kappa shape index (κ2) is 13.0. The smallest absolute Gasteiger partial charge is 0.286 e. The molecule has 3 aromatic rings. The maximum atomic E-state index is 13.0. The summed E-state index contributed by atoms with van der Waals surface area (Å²) in [7, 11) is 0. The van der Waals surface area contributed by atoms with Gasteiger partial charge in [-0.3, -0.25) is 24.3 Å². The van der Waals surface area contributed by atoms with Gasteiger partial charge in [0.05, 0.1) is 17.0 Å². The van der Waals surface area contributed by atoms with E-state index in [1.807, 2.05) is 30.5 Å². The summed E-state index contributed by atoms with van der Waals surface area (Å²) < 4.78 is 13.4. The van der Waals surface area contributed by atoms with E-state index in [4.69, 9.17) is 14.6 Å². The second-order valence-electron chi connectivity index (χ2n) is 9.20. The molecule has 1 aliphatic heterocycles. The number of nitrogens with one attached hydrogen (secondary N) is 2. The quantitative estimate of drug-likeness (QED) is 0.179. The summed E-state index contributed by atoms with van der Waals surface area (Å²) in [5.41, 5.74) is 2.40. The number of hydrogen-bond acceptors (Lipinski definition) is 8. The van der Waals surface area contributed by atoms with Gasteiger partial charge in [-0.2, -0.15) is 0 Å². The summed E-state index contributed by atoms with van der Waals surface area (Å²) in [6.07, 6.45) is 4.63. The number of hydrogen-bond donors (Lipinski definition) is 3. The van der Waals surface area contributed by atoms with E-state index in [0.717, 1.165) is 16.5 Å². The summed E-state index contributed by atoms with van der Waals surface area (Å²) in [5, 5.41) is 26.7. The SMILES string of the molecule is CC(=O)n1cc([C@H]2C=C(C(=O)NCCNc3ccc([N+](=O)[O-])cc3)O[C@@H](OCCCCO)C2)c2ccccc21. The van der Waals surface area contributed by atoms with Crippen LogP contribution in [0, 0.1) is 10.1 Å². The number of carbonyl (C=O) groups excluding carboxylic acids is 2. The molecule has 0 bridgehead atoms. The first-order valence-electron chi connectivity index (χ1n) is 12.9. The van der Waals surface area contributed by atoms with Crippen LogP contribution in [0.15, 0.2) is 66.6 Å². The number of amides is 1. The Bertz CT molecular complexity index is 1350. The van der Waals surface area contributed by atoms with Gasteiger partial charge in [-0.15, -0.1) is 0 Å². The molecule has 0 radical (unpaired) electrons. The van der Waals surface area contributed by atoms with Crippen LogP contribution in [0.1, 0.15) is 42.5 Å². The maximum Gasteiger partial charge on any atom is 0.286 e. The van der Waals surface area contributed by atoms with Gasteiger partial charge in [0.2, 0.25) is 12.2 Å². The molecule has 2 atom stereocenters. The van der Waals surface area contributed by atoms with E-state index >= 15 is 0 Å². The van der Waals surface area contributed by atoms with Crippen LogP contribution in [0.25, 0.3) is 10.9 Å². The van der Waals surface area contributed by atoms with Crippen molar-refractivity contribution in [3.63, 3.8) is 0 Å². The Morgan fingerprint density at radius 2 is 1.92 bits per heavy atom. The molecule has 206 valence electrons. The fourth-order valence-corrected chi connectivity index (χ4v) is 4.50. The maximum absolute atomic E-state index is 13.0. The molecule has 1 aromatic heterocycles. The number of anilines is 1. The van der Waals surface area contributed by atoms with E-state index in [1.54, 1.807) is 22.8 Å². The molecule has 11 heteroatoms. The van der Waals surface area contributed by atoms with Gasteiger partial charge in [0.1, 0.15) is 0 Å². The van der Waals surface area contributed by atoms with Crippen LogP contribution in [-0.2, 0) is 14.3 Å². The first kappa shape index (κ1) is 27.8. The van der Waals surface area contributed by atoms with Crippen molar-refractivity contribution in [3.8, 4) is 0 Å². The molecule has 1 amide bonds. The van der Waals surface area contributed by atoms with Crippen molar-refractivity contribution in [1.29, 1.82) is 0 Å². The van der Waals surface area contributed by atoms with Crippen LogP contribution in [0.4, 0.5) is 11.4 Å². The van der Waals surface area contributed by atoms with Crippen molar-refractivity contribution < 1.29 is 29.1 Å². The summed E-state index contributed by atoms with van der Waals surface area (Å²) in [4.78, 5) is 35.7. The highest BCUT2D eigenvalue weighted by Crippen LogP contribution is 2.36. The number of unbranched alkanes of at least 4 members (excludes halogenated alkanes) is 1. The zero-order valence-corrected chi connectivity index (χ0v) is 21.7. The number of aromatic nitrogens is 1. The number of nitrogens with zero attached hydrogens (tertiary/aromatic N) is 2. The molecule has 0 saturated carbocycles. The van der Waals surface area contributed by atoms with Crippen LogP contribution in [0.5, 0.6) is 0 Å². The molecule has 2 aromatic carbocycles. The van der Waals surface area contributed by atoms with Gasteiger partial charge in [-0.05, 0) is 42.7 Å². The van der Waals surface area contributed by atoms with Gasteiger partial charge in [0, 0.05) is 68.4 Å². The third-order valence-electron chi connectivity index (χ3n) is 6.44. The Kier molecular flexibility index (Phi) is 9.29. The van der Waals surface area contributed by atoms with Crippen molar-refractivity contribution in [2.45, 2.75) is 38.4 Å². The largest absolute Gasteiger partial charge is 0.459 e. The highest BCUT2D eigenvalue weighted by molar-refractivity contribution is 5.95. The zero-order chi connectivity index (χ0) is 27.8. The predicted octanol–water partition coefficient (Wildman–Crippen LogP) is 3.94. The number of para-hydroxylation sites is 1. The molecule has 0 saturated heterocycles. The number of aliphatic hydroxyl groups excluding tert-OH is 1. The Labute approximate surface area is 225 Å². The predicted molar refractivity (Wildman–Crippen MR) is 145 cm³/mol. The van der Waals surface area contributed by atoms with Crippen LogP contribution < -0.4 is 10.6 Å². The molecule has 1 aliphatic rings. The number of non-ortho nitro benzene ring substituents is 1. The van der Waals surface area contributed by atoms with E-state index < -0.39 is 17.1 Å². The normalized spacial score (nSPS) is 16.8. The lowest BCUT2D eigenvalue weighted by Crippen LogP contribution is -2.35. The first-order valence-corrected chi connectivity index (χ1v) is 12.9. The molecule has 0 spiro atoms. The van der Waals surface area contributed by atoms with Crippen LogP contribution in [-0.4, -0.2) is 59.0 Å². The number of fused-ring (bicyclic) bond motifs is 1. The number of allylic oxidation sites excluding steroid dienone is 1. The van der Waals surface area contributed by atoms with Gasteiger partial charge in [-0.25, -0.2) is 0 Å². The molecule has 0 unspecified atom stereocenters. The van der Waals surface area contributed by atoms with Crippen molar-refractivity contribution in [2.75, 3.05) is 31.6 Å². The Balaban J connectivity index is 1.46. The van der Waals surface area contributed by atoms with Gasteiger partial charge in [0.15, 0.2) is 5.76 Å². The zero-order valence-electron chi connectivity index (χ0n) is 21.7. The molecule has 3 N–H and O–H groups in total. The average Bonchev–Trinajstić information content (AvgIpc) is 3.34. The molecule has 4 rings (SSSR count). The number of benzene rings is 2. The molecule has 0 aliphatic carbocycles. The Morgan fingerprint density at radius 1 is 1.15 bits per heavy atom. The molecule has 2 heterocycles. The van der Waals surface area contributed by atoms with Gasteiger partial charge in [-0.1, -0.05) is 18.2 Å². The Morgan fingerprint density at radius 3 is 2.64 bits per heavy atom. The third-order valence-corrected chi connectivity index (χ3v) is 6.44. The van der Waals surface area contributed by atoms with Crippen LogP contribution in [0.2, 0.25) is 0 Å². The highest BCUT2D eigenvalue weighted by atomic mass is 16.7. The van der Waals surface area contributed by atoms with Gasteiger partial charge in [0.25, 0.3) is 11.6 Å². The minimum absolute atomic E-state index is 0.00403. The molecule has 11 nitrogen and oxygen atoms in total. The minimum atomic E-state index is -0.669. The van der Waals surface area contributed by atoms with Crippen molar-refractivity contribution in [1.82, 2.24) is 9.88 Å². The molecular formula is C28H32N4O7. The van der Waals surface area contributed by atoms with Gasteiger partial charge >= 0.3 is 0 Å². The monoisotopic (exact) mass is 536 g/mol. The first-order chi connectivity index (χ1) is 18.9. The number of ether oxygens (including phenoxy) is 2. The lowest BCUT2D eigenvalue weighted by molar-refractivity contribution is -0.384. The lowest BCUT2D eigenvalue weighted by atomic mass is 9.92. The van der Waals surface area contributed by atoms with Crippen LogP contribution >= 0.6 is 0 Å². The number of nitro groups is 1. The molecule has 0 fully saturated rings. The summed E-state index contributed by atoms with van der Waals surface area (Å²) >= 11 is 0. The average molecular weight is 537 g/mol. The van der Waals surface area contributed by atoms with Crippen molar-refractivity contribution in [2.24, 2.45) is 0 Å². The summed E-state index contributed by atoms with van der Waals surface area (Å²) in [5.74, 6) is -0.604. The minimum Gasteiger partial charge on any atom is -0.459 e. The molecular weight excluding hydrogens is 504 g/mol. The highest BCUT2D eigenvalue weighted by Gasteiger charge is 2.30. The van der Waals surface area contributed by atoms with E-state index in [-0.39, 0.29) is 36.4 Å². The standard InChI is InChI=1S/C28H32N4O7/c1-19(34)31-18-24(23-6-2-3-7-25(23)31)20-16-26(39-27(17-20)38-15-5-4-14-33)28(35)30-13-12-29-21-8-10-22(11-9-21)32(36)37/h2-3,6-11,16,18,20,27,29,33H,4-5,12-15,17H2,1H3,(H,30,35)/t20-,27+/m0/s1. The number of aliphatic hydroxyl groups is 1. The number of carbonyl (C=O) groups is 2. The van der Waals surface area contributed by atoms with Crippen LogP contribution in [0.3, 0.4) is 0 Å². The van der Waals surface area contributed by atoms with Gasteiger partial charge < -0.3 is 25.2 Å². The lowest BCUT2D eigenvalue weighted by Gasteiger charge is -2.29. The molecule has 39 heavy (non-hydrogen) atoms. The fourth-order valence-electron chi connectivity index (χ4n) is 4.50. The number of rotatable bonds is 12. The number of nitro benzene ring substituents is 1. The van der Waals surface area contributed by atoms with E-state index in [1.165, 1.54) is 19.1 Å². The van der Waals surface area contributed by atoms with E-state index in [2.05, 4.69) is 10.6 Å². The second-order valence-corrected chi connectivity index (χ2v) is 9.20. The van der Waals surface area contributed by atoms with E-state index in [9.17, 15) is 19.7 Å². The summed E-state index contributed by atoms with van der Waals surface area (Å²) in [6.45, 7) is 2.64. The summed E-state index contributed by atoms with van der Waals surface area (Å²) in [6, 6.07) is 13.7. The topological polar surface area (TPSA) is 145 Å². The van der Waals surface area contributed by atoms with E-state index in [0.29, 0.717) is 38.1 Å².